The first-order valence-electron chi connectivity index (χ1n) is 4.05. The summed E-state index contributed by atoms with van der Waals surface area (Å²) in [7, 11) is 0. The van der Waals surface area contributed by atoms with E-state index in [9.17, 15) is 8.78 Å². The second-order valence-corrected chi connectivity index (χ2v) is 2.94. The second kappa shape index (κ2) is 5.47. The molecule has 2 atom stereocenters. The van der Waals surface area contributed by atoms with Gasteiger partial charge in [0.25, 0.3) is 6.43 Å². The van der Waals surface area contributed by atoms with Crippen molar-refractivity contribution >= 4 is 0 Å². The number of hydrogen-bond donors (Lipinski definition) is 1. The zero-order chi connectivity index (χ0) is 8.85. The minimum atomic E-state index is -2.60. The Kier molecular flexibility index (Phi) is 5.38. The fraction of sp³-hybridized carbons (Fsp3) is 1.00. The highest BCUT2D eigenvalue weighted by atomic mass is 19.3. The monoisotopic (exact) mass is 166 g/mol. The summed E-state index contributed by atoms with van der Waals surface area (Å²) in [6.45, 7) is 3.66. The summed E-state index contributed by atoms with van der Waals surface area (Å²) in [6.07, 6.45) is -1.46. The van der Waals surface area contributed by atoms with Gasteiger partial charge in [0.2, 0.25) is 0 Å². The van der Waals surface area contributed by atoms with Gasteiger partial charge in [-0.15, -0.1) is 0 Å². The first kappa shape index (κ1) is 10.8. The smallest absolute Gasteiger partial charge is 0.264 e. The molecule has 0 spiro atoms. The Morgan fingerprint density at radius 1 is 1.36 bits per heavy atom. The maximum atomic E-state index is 11.9. The lowest BCUT2D eigenvalue weighted by Crippen LogP contribution is -2.25. The van der Waals surface area contributed by atoms with Crippen LogP contribution in [0.3, 0.4) is 0 Å². The van der Waals surface area contributed by atoms with E-state index < -0.39 is 12.5 Å². The summed E-state index contributed by atoms with van der Waals surface area (Å²) in [5, 5.41) is 8.87. The first-order chi connectivity index (χ1) is 5.09. The molecule has 0 aliphatic heterocycles. The van der Waals surface area contributed by atoms with Crippen LogP contribution in [0.4, 0.5) is 8.78 Å². The van der Waals surface area contributed by atoms with Crippen molar-refractivity contribution in [2.45, 2.75) is 45.6 Å². The van der Waals surface area contributed by atoms with E-state index in [2.05, 4.69) is 0 Å². The zero-order valence-electron chi connectivity index (χ0n) is 7.06. The van der Waals surface area contributed by atoms with Crippen molar-refractivity contribution in [1.29, 1.82) is 0 Å². The van der Waals surface area contributed by atoms with Gasteiger partial charge < -0.3 is 5.11 Å². The van der Waals surface area contributed by atoms with Gasteiger partial charge in [0.15, 0.2) is 0 Å². The topological polar surface area (TPSA) is 20.2 Å². The third-order valence-corrected chi connectivity index (χ3v) is 1.85. The molecule has 0 heterocycles. The third kappa shape index (κ3) is 4.30. The van der Waals surface area contributed by atoms with Gasteiger partial charge in [-0.3, -0.25) is 0 Å². The predicted molar refractivity (Wildman–Crippen MR) is 40.7 cm³/mol. The maximum absolute atomic E-state index is 11.9. The summed E-state index contributed by atoms with van der Waals surface area (Å²) in [4.78, 5) is 0. The predicted octanol–water partition coefficient (Wildman–Crippen LogP) is 2.44. The molecule has 0 fully saturated rings. The van der Waals surface area contributed by atoms with Gasteiger partial charge in [-0.25, -0.2) is 8.78 Å². The van der Waals surface area contributed by atoms with Crippen molar-refractivity contribution in [2.24, 2.45) is 5.92 Å². The summed E-state index contributed by atoms with van der Waals surface area (Å²) < 4.78 is 23.7. The van der Waals surface area contributed by atoms with Crippen LogP contribution >= 0.6 is 0 Å². The van der Waals surface area contributed by atoms with E-state index in [-0.39, 0.29) is 5.92 Å². The molecular formula is C8H16F2O. The molecule has 0 radical (unpaired) electrons. The molecule has 0 rings (SSSR count). The maximum Gasteiger partial charge on any atom is 0.264 e. The largest absolute Gasteiger partial charge is 0.387 e. The van der Waals surface area contributed by atoms with Crippen LogP contribution in [0.15, 0.2) is 0 Å². The SMILES string of the molecule is CCCCC(C)[C@H](O)C(F)F. The van der Waals surface area contributed by atoms with E-state index in [0.717, 1.165) is 12.8 Å². The standard InChI is InChI=1S/C8H16F2O/c1-3-4-5-6(2)7(11)8(9)10/h6-8,11H,3-5H2,1-2H3/t6?,7-/m0/s1. The van der Waals surface area contributed by atoms with Crippen molar-refractivity contribution < 1.29 is 13.9 Å². The highest BCUT2D eigenvalue weighted by Crippen LogP contribution is 2.17. The summed E-state index contributed by atoms with van der Waals surface area (Å²) in [6, 6.07) is 0. The van der Waals surface area contributed by atoms with E-state index >= 15 is 0 Å². The average Bonchev–Trinajstić information content (AvgIpc) is 1.98. The molecule has 3 heteroatoms. The molecule has 11 heavy (non-hydrogen) atoms. The van der Waals surface area contributed by atoms with Gasteiger partial charge in [-0.05, 0) is 12.3 Å². The first-order valence-corrected chi connectivity index (χ1v) is 4.05. The summed E-state index contributed by atoms with van der Waals surface area (Å²) in [5.74, 6) is -0.282. The van der Waals surface area contributed by atoms with Crippen LogP contribution in [-0.4, -0.2) is 17.6 Å². The normalized spacial score (nSPS) is 16.9. The van der Waals surface area contributed by atoms with Crippen LogP contribution in [0, 0.1) is 5.92 Å². The van der Waals surface area contributed by atoms with Gasteiger partial charge in [0, 0.05) is 0 Å². The molecule has 0 aromatic rings. The number of hydrogen-bond acceptors (Lipinski definition) is 1. The number of aliphatic hydroxyl groups is 1. The molecule has 0 aromatic heterocycles. The van der Waals surface area contributed by atoms with Crippen molar-refractivity contribution in [1.82, 2.24) is 0 Å². The van der Waals surface area contributed by atoms with Crippen molar-refractivity contribution in [3.63, 3.8) is 0 Å². The molecular weight excluding hydrogens is 150 g/mol. The van der Waals surface area contributed by atoms with Crippen LogP contribution in [0.5, 0.6) is 0 Å². The zero-order valence-corrected chi connectivity index (χ0v) is 7.06. The molecule has 0 aliphatic carbocycles. The summed E-state index contributed by atoms with van der Waals surface area (Å²) >= 11 is 0. The third-order valence-electron chi connectivity index (χ3n) is 1.85. The lowest BCUT2D eigenvalue weighted by Gasteiger charge is -2.16. The molecule has 0 aromatic carbocycles. The summed E-state index contributed by atoms with van der Waals surface area (Å²) in [5.41, 5.74) is 0. The fourth-order valence-corrected chi connectivity index (χ4v) is 0.945. The molecule has 68 valence electrons. The highest BCUT2D eigenvalue weighted by Gasteiger charge is 2.22. The van der Waals surface area contributed by atoms with Crippen LogP contribution < -0.4 is 0 Å². The molecule has 1 unspecified atom stereocenters. The molecule has 1 nitrogen and oxygen atoms in total. The van der Waals surface area contributed by atoms with E-state index in [1.807, 2.05) is 6.92 Å². The Bertz CT molecular complexity index is 96.1. The highest BCUT2D eigenvalue weighted by molar-refractivity contribution is 4.66. The number of aliphatic hydroxyl groups excluding tert-OH is 1. The fourth-order valence-electron chi connectivity index (χ4n) is 0.945. The molecule has 1 N–H and O–H groups in total. The quantitative estimate of drug-likeness (QED) is 0.665. The van der Waals surface area contributed by atoms with Gasteiger partial charge in [-0.1, -0.05) is 26.7 Å². The minimum Gasteiger partial charge on any atom is -0.387 e. The van der Waals surface area contributed by atoms with Crippen LogP contribution in [0.1, 0.15) is 33.1 Å². The van der Waals surface area contributed by atoms with Gasteiger partial charge in [-0.2, -0.15) is 0 Å². The van der Waals surface area contributed by atoms with E-state index in [1.54, 1.807) is 6.92 Å². The van der Waals surface area contributed by atoms with E-state index in [4.69, 9.17) is 5.11 Å². The van der Waals surface area contributed by atoms with Crippen LogP contribution in [0.25, 0.3) is 0 Å². The van der Waals surface area contributed by atoms with Crippen molar-refractivity contribution in [3.8, 4) is 0 Å². The molecule has 0 amide bonds. The van der Waals surface area contributed by atoms with Crippen molar-refractivity contribution in [3.05, 3.63) is 0 Å². The van der Waals surface area contributed by atoms with Gasteiger partial charge in [0.1, 0.15) is 6.10 Å². The second-order valence-electron chi connectivity index (χ2n) is 2.94. The Labute approximate surface area is 66.4 Å². The lowest BCUT2D eigenvalue weighted by atomic mass is 9.98. The van der Waals surface area contributed by atoms with E-state index in [0.29, 0.717) is 6.42 Å². The Balaban J connectivity index is 3.55. The van der Waals surface area contributed by atoms with E-state index in [1.165, 1.54) is 0 Å². The molecule has 0 saturated heterocycles. The van der Waals surface area contributed by atoms with Crippen molar-refractivity contribution in [2.75, 3.05) is 0 Å². The molecule has 0 saturated carbocycles. The molecule has 0 bridgehead atoms. The van der Waals surface area contributed by atoms with Gasteiger partial charge >= 0.3 is 0 Å². The number of halogens is 2. The number of unbranched alkanes of at least 4 members (excludes halogenated alkanes) is 1. The van der Waals surface area contributed by atoms with Gasteiger partial charge in [0.05, 0.1) is 0 Å². The van der Waals surface area contributed by atoms with Crippen LogP contribution in [-0.2, 0) is 0 Å². The minimum absolute atomic E-state index is 0.282. The Morgan fingerprint density at radius 2 is 1.91 bits per heavy atom. The number of alkyl halides is 2. The Hall–Kier alpha value is -0.180. The lowest BCUT2D eigenvalue weighted by molar-refractivity contribution is -0.0365. The number of rotatable bonds is 5. The molecule has 0 aliphatic rings. The van der Waals surface area contributed by atoms with Crippen LogP contribution in [0.2, 0.25) is 0 Å². The Morgan fingerprint density at radius 3 is 2.27 bits per heavy atom. The average molecular weight is 166 g/mol.